The Morgan fingerprint density at radius 3 is 2.30 bits per heavy atom. The molecule has 6 rings (SSSR count). The molecular weight excluding hydrogens is 977 g/mol. The number of aliphatic hydroxyl groups excluding tert-OH is 3. The van der Waals surface area contributed by atoms with Crippen LogP contribution in [-0.2, 0) is 28.7 Å². The maximum absolute atomic E-state index is 12.5. The van der Waals surface area contributed by atoms with Gasteiger partial charge >= 0.3 is 115 Å². The van der Waals surface area contributed by atoms with Crippen molar-refractivity contribution in [3.05, 3.63) is 82.5 Å². The van der Waals surface area contributed by atoms with Gasteiger partial charge in [0, 0.05) is 53.6 Å². The number of ketones is 1. The molecule has 69 heavy (non-hydrogen) atoms. The molecule has 24 heteroatoms. The zero-order chi connectivity index (χ0) is 48.4. The Bertz CT molecular complexity index is 2610. The number of anilines is 1. The predicted molar refractivity (Wildman–Crippen MR) is 238 cm³/mol. The number of Topliss-reactive ketones (excluding diaryl/α,β-unsaturated/α-hetero) is 1. The summed E-state index contributed by atoms with van der Waals surface area (Å²) in [6.07, 6.45) is -2.59. The van der Waals surface area contributed by atoms with Gasteiger partial charge in [0.05, 0.1) is 31.8 Å². The number of aliphatic carboxylic acids is 1. The summed E-state index contributed by atoms with van der Waals surface area (Å²) < 4.78 is 16.9. The number of nitrogens with zero attached hydrogens (tertiary/aromatic N) is 1. The molecule has 2 aliphatic heterocycles. The van der Waals surface area contributed by atoms with Gasteiger partial charge in [-0.3, -0.25) is 24.0 Å². The summed E-state index contributed by atoms with van der Waals surface area (Å²) in [6.45, 7) is -1.98. The van der Waals surface area contributed by atoms with E-state index in [1.165, 1.54) is 48.5 Å². The molecule has 21 nitrogen and oxygen atoms in total. The quantitative estimate of drug-likeness (QED) is 0.00803. The largest absolute Gasteiger partial charge is 1.00 e. The van der Waals surface area contributed by atoms with Gasteiger partial charge in [-0.1, -0.05) is 30.4 Å². The number of ether oxygens (including phenoxy) is 2. The zero-order valence-electron chi connectivity index (χ0n) is 37.5. The van der Waals surface area contributed by atoms with Crippen LogP contribution in [0.2, 0.25) is 0 Å². The van der Waals surface area contributed by atoms with Crippen LogP contribution in [0.15, 0.2) is 81.0 Å². The van der Waals surface area contributed by atoms with Gasteiger partial charge in [0.15, 0.2) is 16.8 Å². The first-order valence-corrected chi connectivity index (χ1v) is 21.4. The van der Waals surface area contributed by atoms with Crippen LogP contribution in [0.4, 0.5) is 5.69 Å². The van der Waals surface area contributed by atoms with Crippen molar-refractivity contribution in [3.8, 4) is 28.2 Å². The van der Waals surface area contributed by atoms with Gasteiger partial charge in [-0.2, -0.15) is 0 Å². The third-order valence-electron chi connectivity index (χ3n) is 11.2. The molecule has 2 aliphatic carbocycles. The number of nitrogens with one attached hydrogen (secondary N) is 4. The van der Waals surface area contributed by atoms with E-state index in [0.717, 1.165) is 0 Å². The molecule has 9 N–H and O–H groups in total. The molecule has 1 saturated carbocycles. The van der Waals surface area contributed by atoms with E-state index < -0.39 is 86.5 Å². The van der Waals surface area contributed by atoms with E-state index in [0.29, 0.717) is 42.2 Å². The molecule has 2 aromatic carbocycles. The van der Waals surface area contributed by atoms with Crippen LogP contribution in [0.25, 0.3) is 33.4 Å². The molecule has 2 amide bonds. The molecular formula is C45H47K2N5O16S. The van der Waals surface area contributed by atoms with Crippen molar-refractivity contribution in [2.24, 2.45) is 16.8 Å². The minimum Gasteiger partial charge on any atom is -0.872 e. The smallest absolute Gasteiger partial charge is 0.872 e. The van der Waals surface area contributed by atoms with Crippen LogP contribution < -0.4 is 140 Å². The number of fused-ring (bicyclic) bond motifs is 2. The molecule has 2 fully saturated rings. The molecule has 2 aromatic rings. The van der Waals surface area contributed by atoms with E-state index in [2.05, 4.69) is 26.3 Å². The Kier molecular flexibility index (Phi) is 23.0. The van der Waals surface area contributed by atoms with Crippen molar-refractivity contribution in [2.45, 2.75) is 62.8 Å². The summed E-state index contributed by atoms with van der Waals surface area (Å²) in [5.41, 5.74) is 1.01. The standard InChI is InChI=1S/C45H49N5O16S.2K/c51-24-7-10-28-32(16-24)65-33-17-25(52)8-11-29(33)39(28)27-9-6-23(15-30(27)43(62)63)50-45(67)49-21-37(56)48-20-36(55)47-19-35(54)46-18-34-40(59)41(60)42(61)44(66-34)64-13-3-1-2-4-26-22(14-38(57)58)5-12-31(26)53;;/h1-2,6-11,15-17,22,26,34,40-42,44,51,59-61H,3-5,12-14,18-21H2,(H,46,54)(H,47,55)(H,48,56)(H,57,58)(H,62,63)(H2,49,50,67);;/q;2*+1/p-2/b2-1-;;/t22-,26-,34-,40+,41+,42-,44-;;/m1../s1. The molecule has 0 bridgehead atoms. The number of benzene rings is 3. The Morgan fingerprint density at radius 2 is 1.58 bits per heavy atom. The maximum atomic E-state index is 12.5. The fourth-order valence-electron chi connectivity index (χ4n) is 7.81. The Hall–Kier alpha value is -3.55. The van der Waals surface area contributed by atoms with Gasteiger partial charge in [-0.15, -0.1) is 5.75 Å². The fraction of sp³-hybridized carbons (Fsp3) is 0.378. The molecule has 7 atom stereocenters. The van der Waals surface area contributed by atoms with Gasteiger partial charge in [-0.05, 0) is 79.2 Å². The minimum atomic E-state index is -1.70. The van der Waals surface area contributed by atoms with E-state index >= 15 is 0 Å². The van der Waals surface area contributed by atoms with E-state index in [1.807, 2.05) is 0 Å². The molecule has 0 radical (unpaired) electrons. The third kappa shape index (κ3) is 16.0. The summed E-state index contributed by atoms with van der Waals surface area (Å²) in [6, 6.07) is 12.5. The number of carbonyl (C=O) groups is 5. The van der Waals surface area contributed by atoms with Gasteiger partial charge in [0.1, 0.15) is 41.5 Å². The first-order chi connectivity index (χ1) is 32.0. The summed E-state index contributed by atoms with van der Waals surface area (Å²) in [5, 5.41) is 85.4. The third-order valence-corrected chi connectivity index (χ3v) is 11.4. The second kappa shape index (κ2) is 27.3. The summed E-state index contributed by atoms with van der Waals surface area (Å²) in [7, 11) is 0. The number of hydrogen-bond acceptors (Lipinski definition) is 16. The van der Waals surface area contributed by atoms with Crippen molar-refractivity contribution in [1.29, 1.82) is 0 Å². The topological polar surface area (TPSA) is 342 Å². The minimum absolute atomic E-state index is 0. The Balaban J connectivity index is 0.00000518. The van der Waals surface area contributed by atoms with Gasteiger partial charge in [0.25, 0.3) is 0 Å². The summed E-state index contributed by atoms with van der Waals surface area (Å²) >= 11 is 5.28. The molecule has 0 unspecified atom stereocenters. The normalized spacial score (nSPS) is 21.3. The van der Waals surface area contributed by atoms with Gasteiger partial charge < -0.3 is 75.9 Å². The van der Waals surface area contributed by atoms with Gasteiger partial charge in [-0.25, -0.2) is 4.79 Å². The monoisotopic (exact) mass is 1020 g/mol. The summed E-state index contributed by atoms with van der Waals surface area (Å²) in [4.78, 5) is 76.5. The van der Waals surface area contributed by atoms with Crippen LogP contribution in [0.3, 0.4) is 0 Å². The number of aliphatic hydroxyl groups is 3. The average Bonchev–Trinajstić information content (AvgIpc) is 3.63. The number of amides is 2. The van der Waals surface area contributed by atoms with Crippen LogP contribution in [0, 0.1) is 11.8 Å². The first kappa shape index (κ1) is 58.0. The van der Waals surface area contributed by atoms with E-state index in [1.54, 1.807) is 18.2 Å². The molecule has 1 saturated heterocycles. The van der Waals surface area contributed by atoms with E-state index in [9.17, 15) is 59.4 Å². The van der Waals surface area contributed by atoms with Crippen molar-refractivity contribution >= 4 is 69.4 Å². The van der Waals surface area contributed by atoms with E-state index in [-0.39, 0.29) is 178 Å². The average molecular weight is 1020 g/mol. The molecule has 4 aliphatic rings. The number of aromatic carboxylic acids is 1. The van der Waals surface area contributed by atoms with Crippen molar-refractivity contribution in [2.75, 3.05) is 38.1 Å². The predicted octanol–water partition coefficient (Wildman–Crippen LogP) is -6.15. The number of carboxylic acid groups (broad SMARTS) is 2. The number of allylic oxidation sites excluding steroid dienone is 1. The Labute approximate surface area is 484 Å². The van der Waals surface area contributed by atoms with Crippen molar-refractivity contribution < 1.29 is 176 Å². The van der Waals surface area contributed by atoms with Crippen molar-refractivity contribution in [3.63, 3.8) is 0 Å². The van der Waals surface area contributed by atoms with Crippen LogP contribution in [-0.4, -0.2) is 130 Å². The number of thiocarbonyl (C=S) groups is 1. The zero-order valence-corrected chi connectivity index (χ0v) is 44.6. The number of carbonyl (C=O) groups excluding carboxylic acids is 3. The SMILES string of the molecule is O=C(O)C[C@H]1CCC(=O)[C@@H]1C/C=C\CCO[C@@H]1O[C@H](CN=C([O-])CNC(=O)CNC(=O)CNC(=S)Nc2ccc(-c3c4ccc(=O)cc-4oc4cc([O-])ccc34)c(C(=O)O)c2)[C@H](O)[C@H](O)[C@H]1O.[K+].[K+]. The van der Waals surface area contributed by atoms with E-state index in [4.69, 9.17) is 31.2 Å². The number of carboxylic acids is 2. The number of hydrogen-bond donors (Lipinski definition) is 9. The molecule has 0 spiro atoms. The van der Waals surface area contributed by atoms with Crippen LogP contribution >= 0.6 is 12.2 Å². The molecule has 2 heterocycles. The maximum Gasteiger partial charge on any atom is 1.00 e. The van der Waals surface area contributed by atoms with Crippen LogP contribution in [0.5, 0.6) is 5.75 Å². The second-order valence-corrected chi connectivity index (χ2v) is 16.2. The number of rotatable bonds is 19. The molecule has 356 valence electrons. The molecule has 0 aromatic heterocycles. The fourth-order valence-corrected chi connectivity index (χ4v) is 8.00. The first-order valence-electron chi connectivity index (χ1n) is 21.0. The number of aliphatic imine (C=N–C) groups is 1. The summed E-state index contributed by atoms with van der Waals surface area (Å²) in [5.74, 6) is -5.24. The van der Waals surface area contributed by atoms with Crippen molar-refractivity contribution in [1.82, 2.24) is 16.0 Å². The van der Waals surface area contributed by atoms with Gasteiger partial charge in [0.2, 0.25) is 11.8 Å². The van der Waals surface area contributed by atoms with Crippen LogP contribution in [0.1, 0.15) is 42.5 Å². The second-order valence-electron chi connectivity index (χ2n) is 15.8. The Morgan fingerprint density at radius 1 is 0.870 bits per heavy atom.